The van der Waals surface area contributed by atoms with Gasteiger partial charge in [-0.3, -0.25) is 0 Å². The molecular weight excluding hydrogens is 201 g/mol. The molecule has 1 aromatic rings. The monoisotopic (exact) mass is 213 g/mol. The van der Waals surface area contributed by atoms with E-state index in [1.54, 1.807) is 12.1 Å². The van der Waals surface area contributed by atoms with E-state index in [4.69, 9.17) is 11.6 Å². The number of benzene rings is 1. The molecule has 0 bridgehead atoms. The average molecular weight is 214 g/mol. The van der Waals surface area contributed by atoms with Gasteiger partial charge in [0, 0.05) is 17.1 Å². The Balaban J connectivity index is 2.91. The predicted molar refractivity (Wildman–Crippen MR) is 59.0 cm³/mol. The van der Waals surface area contributed by atoms with Crippen LogP contribution in [0.1, 0.15) is 12.5 Å². The average Bonchev–Trinajstić information content (AvgIpc) is 2.10. The van der Waals surface area contributed by atoms with E-state index in [-0.39, 0.29) is 5.82 Å². The Morgan fingerprint density at radius 2 is 2.29 bits per heavy atom. The van der Waals surface area contributed by atoms with Crippen molar-refractivity contribution < 1.29 is 4.39 Å². The van der Waals surface area contributed by atoms with Crippen LogP contribution < -0.4 is 5.32 Å². The van der Waals surface area contributed by atoms with Crippen LogP contribution in [0.25, 0.3) is 6.08 Å². The van der Waals surface area contributed by atoms with Gasteiger partial charge in [0.05, 0.1) is 0 Å². The van der Waals surface area contributed by atoms with Crippen molar-refractivity contribution in [2.24, 2.45) is 0 Å². The van der Waals surface area contributed by atoms with Gasteiger partial charge >= 0.3 is 0 Å². The molecule has 0 saturated heterocycles. The summed E-state index contributed by atoms with van der Waals surface area (Å²) in [5, 5.41) is 3.42. The van der Waals surface area contributed by atoms with Gasteiger partial charge in [-0.2, -0.15) is 0 Å². The number of hydrogen-bond acceptors (Lipinski definition) is 1. The summed E-state index contributed by atoms with van der Waals surface area (Å²) in [5.74, 6) is -0.284. The summed E-state index contributed by atoms with van der Waals surface area (Å²) < 4.78 is 13.3. The fraction of sp³-hybridized carbons (Fsp3) is 0.273. The van der Waals surface area contributed by atoms with Crippen LogP contribution >= 0.6 is 11.6 Å². The second kappa shape index (κ2) is 5.13. The van der Waals surface area contributed by atoms with Crippen LogP contribution in [0.4, 0.5) is 4.39 Å². The van der Waals surface area contributed by atoms with Crippen molar-refractivity contribution in [3.63, 3.8) is 0 Å². The van der Waals surface area contributed by atoms with Crippen LogP contribution in [0.3, 0.4) is 0 Å². The molecule has 0 unspecified atom stereocenters. The van der Waals surface area contributed by atoms with Gasteiger partial charge in [0.15, 0.2) is 0 Å². The third kappa shape index (κ3) is 3.13. The zero-order valence-electron chi connectivity index (χ0n) is 8.27. The second-order valence-electron chi connectivity index (χ2n) is 3.19. The first-order valence-electron chi connectivity index (χ1n) is 4.40. The molecule has 0 atom stereocenters. The molecule has 1 nitrogen and oxygen atoms in total. The van der Waals surface area contributed by atoms with E-state index < -0.39 is 0 Å². The zero-order chi connectivity index (χ0) is 10.6. The number of nitrogens with one attached hydrogen (secondary N) is 1. The van der Waals surface area contributed by atoms with Gasteiger partial charge in [0.1, 0.15) is 5.82 Å². The summed E-state index contributed by atoms with van der Waals surface area (Å²) in [6.07, 6.45) is 1.81. The van der Waals surface area contributed by atoms with Crippen molar-refractivity contribution in [1.29, 1.82) is 0 Å². The lowest BCUT2D eigenvalue weighted by Gasteiger charge is -2.01. The van der Waals surface area contributed by atoms with E-state index in [0.717, 1.165) is 12.1 Å². The molecule has 0 aliphatic carbocycles. The van der Waals surface area contributed by atoms with Crippen LogP contribution in [0, 0.1) is 5.82 Å². The Labute approximate surface area is 88.6 Å². The molecule has 0 fully saturated rings. The topological polar surface area (TPSA) is 12.0 Å². The first-order chi connectivity index (χ1) is 6.63. The summed E-state index contributed by atoms with van der Waals surface area (Å²) in [5.41, 5.74) is 1.65. The minimum Gasteiger partial charge on any atom is -0.316 e. The van der Waals surface area contributed by atoms with Gasteiger partial charge in [0.2, 0.25) is 0 Å². The number of halogens is 2. The van der Waals surface area contributed by atoms with Gasteiger partial charge in [-0.05, 0) is 26.1 Å². The highest BCUT2D eigenvalue weighted by Gasteiger charge is 2.00. The van der Waals surface area contributed by atoms with Crippen molar-refractivity contribution in [3.05, 3.63) is 40.2 Å². The third-order valence-electron chi connectivity index (χ3n) is 1.82. The molecule has 0 aliphatic rings. The fourth-order valence-corrected chi connectivity index (χ4v) is 1.37. The standard InChI is InChI=1S/C11H13ClFN/c1-8(7-14-2)5-9-3-4-10(12)6-11(9)13/h3-6,14H,7H2,1-2H3/b8-5+. The molecule has 3 heteroatoms. The predicted octanol–water partition coefficient (Wildman–Crippen LogP) is 3.10. The van der Waals surface area contributed by atoms with Crippen LogP contribution in [0.5, 0.6) is 0 Å². The SMILES string of the molecule is CNC/C(C)=C/c1ccc(Cl)cc1F. The second-order valence-corrected chi connectivity index (χ2v) is 3.62. The molecular formula is C11H13ClFN. The molecule has 1 aromatic carbocycles. The Bertz CT molecular complexity index is 347. The van der Waals surface area contributed by atoms with Gasteiger partial charge < -0.3 is 5.32 Å². The summed E-state index contributed by atoms with van der Waals surface area (Å²) in [7, 11) is 1.86. The molecule has 0 saturated carbocycles. The molecule has 0 radical (unpaired) electrons. The number of likely N-dealkylation sites (N-methyl/N-ethyl adjacent to an activating group) is 1. The summed E-state index contributed by atoms with van der Waals surface area (Å²) in [4.78, 5) is 0. The molecule has 14 heavy (non-hydrogen) atoms. The number of hydrogen-bond donors (Lipinski definition) is 1. The zero-order valence-corrected chi connectivity index (χ0v) is 9.03. The molecule has 0 aromatic heterocycles. The Kier molecular flexibility index (Phi) is 4.11. The van der Waals surface area contributed by atoms with Crippen molar-refractivity contribution in [3.8, 4) is 0 Å². The van der Waals surface area contributed by atoms with Gasteiger partial charge in [-0.15, -0.1) is 0 Å². The Hall–Kier alpha value is -0.860. The lowest BCUT2D eigenvalue weighted by molar-refractivity contribution is 0.625. The molecule has 1 rings (SSSR count). The van der Waals surface area contributed by atoms with Crippen molar-refractivity contribution in [2.45, 2.75) is 6.92 Å². The first-order valence-corrected chi connectivity index (χ1v) is 4.78. The van der Waals surface area contributed by atoms with Crippen LogP contribution in [0.2, 0.25) is 5.02 Å². The quantitative estimate of drug-likeness (QED) is 0.814. The third-order valence-corrected chi connectivity index (χ3v) is 2.06. The summed E-state index contributed by atoms with van der Waals surface area (Å²) in [6, 6.07) is 4.68. The lowest BCUT2D eigenvalue weighted by Crippen LogP contribution is -2.08. The van der Waals surface area contributed by atoms with Gasteiger partial charge in [-0.25, -0.2) is 4.39 Å². The molecule has 1 N–H and O–H groups in total. The van der Waals surface area contributed by atoms with E-state index in [1.807, 2.05) is 20.0 Å². The highest BCUT2D eigenvalue weighted by atomic mass is 35.5. The fourth-order valence-electron chi connectivity index (χ4n) is 1.21. The van der Waals surface area contributed by atoms with Crippen LogP contribution in [-0.4, -0.2) is 13.6 Å². The van der Waals surface area contributed by atoms with E-state index in [9.17, 15) is 4.39 Å². The summed E-state index contributed by atoms with van der Waals surface area (Å²) in [6.45, 7) is 2.70. The highest BCUT2D eigenvalue weighted by molar-refractivity contribution is 6.30. The normalized spacial score (nSPS) is 11.9. The Morgan fingerprint density at radius 1 is 1.57 bits per heavy atom. The van der Waals surface area contributed by atoms with E-state index in [2.05, 4.69) is 5.32 Å². The highest BCUT2D eigenvalue weighted by Crippen LogP contribution is 2.16. The van der Waals surface area contributed by atoms with E-state index in [1.165, 1.54) is 6.07 Å². The molecule has 0 aliphatic heterocycles. The molecule has 76 valence electrons. The maximum Gasteiger partial charge on any atom is 0.131 e. The largest absolute Gasteiger partial charge is 0.316 e. The smallest absolute Gasteiger partial charge is 0.131 e. The van der Waals surface area contributed by atoms with E-state index >= 15 is 0 Å². The molecule has 0 amide bonds. The maximum absolute atomic E-state index is 13.3. The van der Waals surface area contributed by atoms with Crippen molar-refractivity contribution in [1.82, 2.24) is 5.32 Å². The van der Waals surface area contributed by atoms with Crippen molar-refractivity contribution in [2.75, 3.05) is 13.6 Å². The van der Waals surface area contributed by atoms with Crippen LogP contribution in [0.15, 0.2) is 23.8 Å². The first kappa shape index (κ1) is 11.2. The van der Waals surface area contributed by atoms with E-state index in [0.29, 0.717) is 10.6 Å². The lowest BCUT2D eigenvalue weighted by atomic mass is 10.1. The maximum atomic E-state index is 13.3. The van der Waals surface area contributed by atoms with Crippen molar-refractivity contribution >= 4 is 17.7 Å². The van der Waals surface area contributed by atoms with Gasteiger partial charge in [0.25, 0.3) is 0 Å². The minimum absolute atomic E-state index is 0.284. The van der Waals surface area contributed by atoms with Crippen LogP contribution in [-0.2, 0) is 0 Å². The number of rotatable bonds is 3. The minimum atomic E-state index is -0.284. The van der Waals surface area contributed by atoms with Gasteiger partial charge in [-0.1, -0.05) is 29.3 Å². The Morgan fingerprint density at radius 3 is 2.86 bits per heavy atom. The molecule has 0 heterocycles. The summed E-state index contributed by atoms with van der Waals surface area (Å²) >= 11 is 5.64. The molecule has 0 spiro atoms.